The summed E-state index contributed by atoms with van der Waals surface area (Å²) in [7, 11) is 12.8. The van der Waals surface area contributed by atoms with Crippen LogP contribution in [0.25, 0.3) is 0 Å². The van der Waals surface area contributed by atoms with Crippen molar-refractivity contribution in [2.45, 2.75) is 71.9 Å². The van der Waals surface area contributed by atoms with E-state index < -0.39 is 5.21 Å². The first-order chi connectivity index (χ1) is 7.70. The first-order valence-corrected chi connectivity index (χ1v) is 6.89. The summed E-state index contributed by atoms with van der Waals surface area (Å²) >= 11 is 0. The molecule has 4 radical (unpaired) electrons. The van der Waals surface area contributed by atoms with E-state index in [2.05, 4.69) is 41.2 Å². The number of rotatable bonds is 8. The van der Waals surface area contributed by atoms with Crippen LogP contribution in [0.1, 0.15) is 66.7 Å². The molecule has 0 bridgehead atoms. The summed E-state index contributed by atoms with van der Waals surface area (Å²) in [5.41, 5.74) is 0.168. The van der Waals surface area contributed by atoms with Crippen molar-refractivity contribution in [2.75, 3.05) is 0 Å². The maximum absolute atomic E-state index is 6.42. The molecule has 0 fully saturated rings. The molecule has 2 heteroatoms. The van der Waals surface area contributed by atoms with Gasteiger partial charge >= 0.3 is 0 Å². The van der Waals surface area contributed by atoms with Crippen LogP contribution in [0.2, 0.25) is 5.21 Å². The second-order valence-electron chi connectivity index (χ2n) is 6.15. The van der Waals surface area contributed by atoms with E-state index in [0.717, 1.165) is 32.1 Å². The van der Waals surface area contributed by atoms with Crippen molar-refractivity contribution >= 4 is 15.7 Å². The molecule has 0 spiro atoms. The SMILES string of the molecule is [B]C([B])(CC(CC)(CC)CC=C)C(C)(C)CC. The Morgan fingerprint density at radius 2 is 1.47 bits per heavy atom. The second kappa shape index (κ2) is 6.16. The van der Waals surface area contributed by atoms with Gasteiger partial charge in [0.25, 0.3) is 0 Å². The highest BCUT2D eigenvalue weighted by Crippen LogP contribution is 2.52. The largest absolute Gasteiger partial charge is 0.103 e. The molecular weight excluding hydrogens is 202 g/mol. The average molecular weight is 230 g/mol. The van der Waals surface area contributed by atoms with Crippen LogP contribution in [0.15, 0.2) is 12.7 Å². The lowest BCUT2D eigenvalue weighted by Gasteiger charge is -2.48. The van der Waals surface area contributed by atoms with E-state index in [-0.39, 0.29) is 10.8 Å². The fraction of sp³-hybridized carbons (Fsp3) is 0.867. The molecule has 0 amide bonds. The first-order valence-electron chi connectivity index (χ1n) is 6.89. The predicted octanol–water partition coefficient (Wildman–Crippen LogP) is 4.65. The van der Waals surface area contributed by atoms with E-state index in [0.29, 0.717) is 0 Å². The summed E-state index contributed by atoms with van der Waals surface area (Å²) in [5.74, 6) is 0. The molecule has 0 unspecified atom stereocenters. The Morgan fingerprint density at radius 1 is 1.00 bits per heavy atom. The van der Waals surface area contributed by atoms with Crippen molar-refractivity contribution in [2.24, 2.45) is 10.8 Å². The third-order valence-electron chi connectivity index (χ3n) is 4.89. The van der Waals surface area contributed by atoms with Gasteiger partial charge in [-0.1, -0.05) is 71.6 Å². The van der Waals surface area contributed by atoms with Gasteiger partial charge in [-0.3, -0.25) is 0 Å². The van der Waals surface area contributed by atoms with Crippen LogP contribution in [0.4, 0.5) is 0 Å². The molecule has 0 aromatic carbocycles. The van der Waals surface area contributed by atoms with Crippen molar-refractivity contribution in [1.29, 1.82) is 0 Å². The Labute approximate surface area is 111 Å². The van der Waals surface area contributed by atoms with E-state index in [4.69, 9.17) is 15.7 Å². The molecule has 0 saturated carbocycles. The molecule has 94 valence electrons. The van der Waals surface area contributed by atoms with Gasteiger partial charge in [-0.2, -0.15) is 0 Å². The molecular formula is C15H28B2. The van der Waals surface area contributed by atoms with Crippen molar-refractivity contribution in [1.82, 2.24) is 0 Å². The van der Waals surface area contributed by atoms with E-state index >= 15 is 0 Å². The van der Waals surface area contributed by atoms with Crippen LogP contribution < -0.4 is 0 Å². The Hall–Kier alpha value is -0.130. The van der Waals surface area contributed by atoms with Crippen LogP contribution in [0.5, 0.6) is 0 Å². The molecule has 0 atom stereocenters. The Morgan fingerprint density at radius 3 is 1.76 bits per heavy atom. The molecule has 17 heavy (non-hydrogen) atoms. The van der Waals surface area contributed by atoms with Crippen molar-refractivity contribution in [3.63, 3.8) is 0 Å². The van der Waals surface area contributed by atoms with Crippen molar-refractivity contribution in [3.05, 3.63) is 12.7 Å². The van der Waals surface area contributed by atoms with E-state index in [9.17, 15) is 0 Å². The summed E-state index contributed by atoms with van der Waals surface area (Å²) in [6.07, 6.45) is 7.06. The van der Waals surface area contributed by atoms with Crippen LogP contribution in [0, 0.1) is 10.8 Å². The molecule has 0 rings (SSSR count). The lowest BCUT2D eigenvalue weighted by molar-refractivity contribution is 0.167. The fourth-order valence-electron chi connectivity index (χ4n) is 2.36. The maximum Gasteiger partial charge on any atom is 0.0628 e. The van der Waals surface area contributed by atoms with Gasteiger partial charge < -0.3 is 0 Å². The Kier molecular flexibility index (Phi) is 6.11. The average Bonchev–Trinajstić information content (AvgIpc) is 2.27. The minimum absolute atomic E-state index is 0.0379. The number of hydrogen-bond donors (Lipinski definition) is 0. The van der Waals surface area contributed by atoms with Gasteiger partial charge in [-0.05, 0) is 17.3 Å². The van der Waals surface area contributed by atoms with Gasteiger partial charge in [0.15, 0.2) is 0 Å². The molecule has 0 aromatic heterocycles. The molecule has 0 N–H and O–H groups in total. The van der Waals surface area contributed by atoms with E-state index in [1.807, 2.05) is 6.08 Å². The topological polar surface area (TPSA) is 0 Å². The predicted molar refractivity (Wildman–Crippen MR) is 80.7 cm³/mol. The standard InChI is InChI=1S/C15H28B2/c1-7-11-14(9-3,10-4)12-15(16,17)13(5,6)8-2/h7H,1,8-12H2,2-6H3. The minimum atomic E-state index is -0.614. The Balaban J connectivity index is 5.04. The van der Waals surface area contributed by atoms with Crippen LogP contribution in [-0.4, -0.2) is 15.7 Å². The number of allylic oxidation sites excluding steroid dienone is 1. The molecule has 0 saturated heterocycles. The summed E-state index contributed by atoms with van der Waals surface area (Å²) in [5, 5.41) is -0.614. The summed E-state index contributed by atoms with van der Waals surface area (Å²) in [6, 6.07) is 0. The van der Waals surface area contributed by atoms with Gasteiger partial charge in [-0.25, -0.2) is 0 Å². The quantitative estimate of drug-likeness (QED) is 0.420. The molecule has 0 aliphatic heterocycles. The summed E-state index contributed by atoms with van der Waals surface area (Å²) in [6.45, 7) is 14.8. The highest BCUT2D eigenvalue weighted by Gasteiger charge is 2.40. The summed E-state index contributed by atoms with van der Waals surface area (Å²) in [4.78, 5) is 0. The van der Waals surface area contributed by atoms with Crippen LogP contribution >= 0.6 is 0 Å². The lowest BCUT2D eigenvalue weighted by Crippen LogP contribution is -2.37. The van der Waals surface area contributed by atoms with E-state index in [1.165, 1.54) is 0 Å². The molecule has 0 heterocycles. The zero-order chi connectivity index (χ0) is 13.7. The highest BCUT2D eigenvalue weighted by molar-refractivity contribution is 6.40. The van der Waals surface area contributed by atoms with Crippen LogP contribution in [-0.2, 0) is 0 Å². The molecule has 0 nitrogen and oxygen atoms in total. The second-order valence-corrected chi connectivity index (χ2v) is 6.15. The molecule has 0 aliphatic carbocycles. The van der Waals surface area contributed by atoms with Crippen LogP contribution in [0.3, 0.4) is 0 Å². The smallest absolute Gasteiger partial charge is 0.0628 e. The van der Waals surface area contributed by atoms with Gasteiger partial charge in [0.2, 0.25) is 0 Å². The normalized spacial score (nSPS) is 13.7. The van der Waals surface area contributed by atoms with Gasteiger partial charge in [0, 0.05) is 0 Å². The van der Waals surface area contributed by atoms with Gasteiger partial charge in [0.1, 0.15) is 0 Å². The summed E-state index contributed by atoms with van der Waals surface area (Å²) < 4.78 is 0. The highest BCUT2D eigenvalue weighted by atomic mass is 14.4. The zero-order valence-corrected chi connectivity index (χ0v) is 12.5. The third kappa shape index (κ3) is 3.93. The van der Waals surface area contributed by atoms with Gasteiger partial charge in [-0.15, -0.1) is 6.58 Å². The first kappa shape index (κ1) is 16.9. The lowest BCUT2D eigenvalue weighted by atomic mass is 9.38. The van der Waals surface area contributed by atoms with E-state index in [1.54, 1.807) is 0 Å². The molecule has 0 aliphatic rings. The fourth-order valence-corrected chi connectivity index (χ4v) is 2.36. The zero-order valence-electron chi connectivity index (χ0n) is 12.5. The minimum Gasteiger partial charge on any atom is -0.103 e. The Bertz CT molecular complexity index is 237. The van der Waals surface area contributed by atoms with Crippen molar-refractivity contribution < 1.29 is 0 Å². The monoisotopic (exact) mass is 230 g/mol. The molecule has 0 aromatic rings. The maximum atomic E-state index is 6.42. The number of hydrogen-bond acceptors (Lipinski definition) is 0. The third-order valence-corrected chi connectivity index (χ3v) is 4.89. The van der Waals surface area contributed by atoms with Gasteiger partial charge in [0.05, 0.1) is 15.7 Å². The van der Waals surface area contributed by atoms with Crippen molar-refractivity contribution in [3.8, 4) is 0 Å².